The summed E-state index contributed by atoms with van der Waals surface area (Å²) in [5.74, 6) is 0.0296. The topological polar surface area (TPSA) is 80.3 Å². The Labute approximate surface area is 163 Å². The van der Waals surface area contributed by atoms with E-state index in [1.807, 2.05) is 12.1 Å². The zero-order chi connectivity index (χ0) is 20.0. The number of nitrogens with one attached hydrogen (secondary N) is 2. The van der Waals surface area contributed by atoms with E-state index < -0.39 is 5.54 Å². The second kappa shape index (κ2) is 8.82. The molecule has 2 amide bonds. The van der Waals surface area contributed by atoms with Gasteiger partial charge in [-0.3, -0.25) is 14.6 Å². The molecular weight excluding hydrogens is 361 g/mol. The van der Waals surface area contributed by atoms with E-state index in [4.69, 9.17) is 4.74 Å². The van der Waals surface area contributed by atoms with Crippen LogP contribution in [0.3, 0.4) is 0 Å². The minimum atomic E-state index is -0.629. The molecule has 0 saturated carbocycles. The van der Waals surface area contributed by atoms with Crippen LogP contribution in [0.2, 0.25) is 0 Å². The lowest BCUT2D eigenvalue weighted by Crippen LogP contribution is -2.44. The van der Waals surface area contributed by atoms with Crippen molar-refractivity contribution in [2.45, 2.75) is 44.2 Å². The van der Waals surface area contributed by atoms with Crippen molar-refractivity contribution in [3.63, 3.8) is 0 Å². The monoisotopic (exact) mass is 385 g/mol. The average molecular weight is 385 g/mol. The van der Waals surface area contributed by atoms with Crippen LogP contribution in [-0.2, 0) is 22.6 Å². The van der Waals surface area contributed by atoms with Gasteiger partial charge in [0.2, 0.25) is 11.8 Å². The van der Waals surface area contributed by atoms with Crippen LogP contribution in [0.4, 0.5) is 4.39 Å². The number of nitrogens with zero attached hydrogens (tertiary/aromatic N) is 1. The number of carbonyl (C=O) groups excluding carboxylic acids is 2. The molecule has 0 radical (unpaired) electrons. The Hall–Kier alpha value is -2.96. The SMILES string of the molecule is COc1ccc(F)c(C[C@@]2(CCC(=O)NCc3cccnc3)CCC(=O)N2)c1. The molecule has 148 valence electrons. The number of amides is 2. The van der Waals surface area contributed by atoms with Gasteiger partial charge < -0.3 is 15.4 Å². The van der Waals surface area contributed by atoms with Gasteiger partial charge in [-0.15, -0.1) is 0 Å². The van der Waals surface area contributed by atoms with Gasteiger partial charge in [-0.1, -0.05) is 6.07 Å². The molecule has 2 heterocycles. The molecule has 0 aliphatic carbocycles. The number of aromatic nitrogens is 1. The molecule has 7 heteroatoms. The van der Waals surface area contributed by atoms with Crippen molar-refractivity contribution in [3.8, 4) is 5.75 Å². The number of pyridine rings is 1. The predicted octanol–water partition coefficient (Wildman–Crippen LogP) is 2.52. The van der Waals surface area contributed by atoms with E-state index in [9.17, 15) is 14.0 Å². The Morgan fingerprint density at radius 2 is 2.25 bits per heavy atom. The van der Waals surface area contributed by atoms with E-state index in [0.29, 0.717) is 43.5 Å². The second-order valence-corrected chi connectivity index (χ2v) is 7.10. The highest BCUT2D eigenvalue weighted by molar-refractivity contribution is 5.80. The highest BCUT2D eigenvalue weighted by atomic mass is 19.1. The van der Waals surface area contributed by atoms with Gasteiger partial charge in [0.1, 0.15) is 11.6 Å². The molecule has 0 spiro atoms. The number of halogens is 1. The minimum Gasteiger partial charge on any atom is -0.497 e. The van der Waals surface area contributed by atoms with Crippen LogP contribution in [0, 0.1) is 5.82 Å². The molecule has 6 nitrogen and oxygen atoms in total. The maximum atomic E-state index is 14.3. The number of methoxy groups -OCH3 is 1. The van der Waals surface area contributed by atoms with Gasteiger partial charge in [-0.2, -0.15) is 0 Å². The summed E-state index contributed by atoms with van der Waals surface area (Å²) < 4.78 is 19.5. The molecule has 2 N–H and O–H groups in total. The van der Waals surface area contributed by atoms with Gasteiger partial charge in [0.15, 0.2) is 0 Å². The normalized spacial score (nSPS) is 18.6. The van der Waals surface area contributed by atoms with Crippen molar-refractivity contribution in [2.24, 2.45) is 0 Å². The fourth-order valence-corrected chi connectivity index (χ4v) is 3.50. The second-order valence-electron chi connectivity index (χ2n) is 7.10. The quantitative estimate of drug-likeness (QED) is 0.732. The van der Waals surface area contributed by atoms with E-state index in [0.717, 1.165) is 5.56 Å². The maximum Gasteiger partial charge on any atom is 0.220 e. The maximum absolute atomic E-state index is 14.3. The Bertz CT molecular complexity index is 844. The molecule has 1 aromatic carbocycles. The smallest absolute Gasteiger partial charge is 0.220 e. The van der Waals surface area contributed by atoms with Gasteiger partial charge in [-0.05, 0) is 54.7 Å². The lowest BCUT2D eigenvalue weighted by Gasteiger charge is -2.29. The molecule has 3 rings (SSSR count). The van der Waals surface area contributed by atoms with Crippen LogP contribution in [-0.4, -0.2) is 29.4 Å². The summed E-state index contributed by atoms with van der Waals surface area (Å²) in [6.45, 7) is 0.399. The third kappa shape index (κ3) is 5.06. The molecule has 0 bridgehead atoms. The Morgan fingerprint density at radius 3 is 2.93 bits per heavy atom. The molecule has 1 saturated heterocycles. The molecule has 1 aromatic heterocycles. The van der Waals surface area contributed by atoms with Crippen LogP contribution in [0.1, 0.15) is 36.8 Å². The van der Waals surface area contributed by atoms with Crippen LogP contribution in [0.15, 0.2) is 42.7 Å². The first-order valence-electron chi connectivity index (χ1n) is 9.29. The van der Waals surface area contributed by atoms with Crippen LogP contribution in [0.25, 0.3) is 0 Å². The number of ether oxygens (including phenoxy) is 1. The molecule has 0 unspecified atom stereocenters. The van der Waals surface area contributed by atoms with Crippen LogP contribution in [0.5, 0.6) is 5.75 Å². The molecule has 28 heavy (non-hydrogen) atoms. The summed E-state index contributed by atoms with van der Waals surface area (Å²) in [7, 11) is 1.52. The van der Waals surface area contributed by atoms with Crippen molar-refractivity contribution >= 4 is 11.8 Å². The fourth-order valence-electron chi connectivity index (χ4n) is 3.50. The first-order chi connectivity index (χ1) is 13.5. The van der Waals surface area contributed by atoms with Crippen LogP contribution >= 0.6 is 0 Å². The first kappa shape index (κ1) is 19.8. The summed E-state index contributed by atoms with van der Waals surface area (Å²) in [5.41, 5.74) is 0.756. The number of rotatable bonds is 8. The number of benzene rings is 1. The first-order valence-corrected chi connectivity index (χ1v) is 9.29. The number of hydrogen-bond donors (Lipinski definition) is 2. The largest absolute Gasteiger partial charge is 0.497 e. The highest BCUT2D eigenvalue weighted by Gasteiger charge is 2.38. The molecule has 1 aliphatic rings. The third-order valence-electron chi connectivity index (χ3n) is 5.06. The van der Waals surface area contributed by atoms with Crippen molar-refractivity contribution < 1.29 is 18.7 Å². The predicted molar refractivity (Wildman–Crippen MR) is 102 cm³/mol. The summed E-state index contributed by atoms with van der Waals surface area (Å²) in [6, 6.07) is 8.26. The highest BCUT2D eigenvalue weighted by Crippen LogP contribution is 2.31. The Morgan fingerprint density at radius 1 is 1.39 bits per heavy atom. The lowest BCUT2D eigenvalue weighted by molar-refractivity contribution is -0.122. The van der Waals surface area contributed by atoms with Crippen LogP contribution < -0.4 is 15.4 Å². The van der Waals surface area contributed by atoms with E-state index in [1.54, 1.807) is 24.5 Å². The van der Waals surface area contributed by atoms with Gasteiger partial charge >= 0.3 is 0 Å². The zero-order valence-electron chi connectivity index (χ0n) is 15.8. The summed E-state index contributed by atoms with van der Waals surface area (Å²) in [5, 5.41) is 5.83. The van der Waals surface area contributed by atoms with Crippen molar-refractivity contribution in [1.82, 2.24) is 15.6 Å². The molecule has 1 atom stereocenters. The number of carbonyl (C=O) groups is 2. The Kier molecular flexibility index (Phi) is 6.23. The summed E-state index contributed by atoms with van der Waals surface area (Å²) >= 11 is 0. The standard InChI is InChI=1S/C21H24FN3O3/c1-28-17-4-5-18(22)16(11-17)12-21(9-7-20(27)25-21)8-6-19(26)24-14-15-3-2-10-23-13-15/h2-5,10-11,13H,6-9,12,14H2,1H3,(H,24,26)(H,25,27)/t21-/m1/s1. The van der Waals surface area contributed by atoms with Gasteiger partial charge in [-0.25, -0.2) is 4.39 Å². The summed E-state index contributed by atoms with van der Waals surface area (Å²) in [4.78, 5) is 28.2. The van der Waals surface area contributed by atoms with Crippen molar-refractivity contribution in [2.75, 3.05) is 7.11 Å². The summed E-state index contributed by atoms with van der Waals surface area (Å²) in [6.07, 6.45) is 5.32. The third-order valence-corrected chi connectivity index (χ3v) is 5.06. The van der Waals surface area contributed by atoms with Gasteiger partial charge in [0.05, 0.1) is 7.11 Å². The van der Waals surface area contributed by atoms with Gasteiger partial charge in [0, 0.05) is 37.3 Å². The van der Waals surface area contributed by atoms with Gasteiger partial charge in [0.25, 0.3) is 0 Å². The molecule has 2 aromatic rings. The van der Waals surface area contributed by atoms with Crippen molar-refractivity contribution in [1.29, 1.82) is 0 Å². The Balaban J connectivity index is 1.63. The van der Waals surface area contributed by atoms with E-state index in [2.05, 4.69) is 15.6 Å². The fraction of sp³-hybridized carbons (Fsp3) is 0.381. The lowest BCUT2D eigenvalue weighted by atomic mass is 9.84. The molecule has 1 fully saturated rings. The minimum absolute atomic E-state index is 0.0703. The average Bonchev–Trinajstić information content (AvgIpc) is 3.08. The number of hydrogen-bond acceptors (Lipinski definition) is 4. The van der Waals surface area contributed by atoms with E-state index in [-0.39, 0.29) is 24.1 Å². The zero-order valence-corrected chi connectivity index (χ0v) is 15.8. The van der Waals surface area contributed by atoms with E-state index in [1.165, 1.54) is 13.2 Å². The molecular formula is C21H24FN3O3. The van der Waals surface area contributed by atoms with Crippen molar-refractivity contribution in [3.05, 3.63) is 59.7 Å². The van der Waals surface area contributed by atoms with E-state index >= 15 is 0 Å². The molecule has 1 aliphatic heterocycles.